The lowest BCUT2D eigenvalue weighted by atomic mass is 10.1. The van der Waals surface area contributed by atoms with Gasteiger partial charge in [0.15, 0.2) is 11.5 Å². The Morgan fingerprint density at radius 1 is 0.872 bits per heavy atom. The highest BCUT2D eigenvalue weighted by atomic mass is 16.5. The van der Waals surface area contributed by atoms with Gasteiger partial charge in [-0.2, -0.15) is 4.80 Å². The monoisotopic (exact) mass is 538 g/mol. The number of methoxy groups -OCH3 is 2. The van der Waals surface area contributed by atoms with Crippen molar-refractivity contribution < 1.29 is 23.7 Å². The zero-order valence-electron chi connectivity index (χ0n) is 22.7. The molecule has 0 saturated heterocycles. The molecule has 11 heteroatoms. The summed E-state index contributed by atoms with van der Waals surface area (Å²) in [7, 11) is 3.07. The molecule has 2 aromatic carbocycles. The van der Waals surface area contributed by atoms with E-state index >= 15 is 0 Å². The van der Waals surface area contributed by atoms with Crippen LogP contribution in [0.3, 0.4) is 0 Å². The normalized spacial score (nSPS) is 18.4. The molecule has 210 valence electrons. The van der Waals surface area contributed by atoms with Gasteiger partial charge in [-0.1, -0.05) is 30.3 Å². The number of carbonyl (C=O) groups is 1. The average molecular weight is 539 g/mol. The first-order chi connectivity index (χ1) is 19.2. The zero-order chi connectivity index (χ0) is 27.3. The smallest absolute Gasteiger partial charge is 0.338 e. The minimum Gasteiger partial charge on any atom is -0.493 e. The summed E-state index contributed by atoms with van der Waals surface area (Å²) in [6.07, 6.45) is 4.11. The molecule has 3 aromatic rings. The maximum Gasteiger partial charge on any atom is 0.338 e. The number of aromatic nitrogens is 4. The molecule has 0 spiro atoms. The second-order valence-corrected chi connectivity index (χ2v) is 9.29. The molecular weight excluding hydrogens is 500 g/mol. The van der Waals surface area contributed by atoms with Gasteiger partial charge in [0.25, 0.3) is 0 Å². The van der Waals surface area contributed by atoms with Crippen molar-refractivity contribution in [2.24, 2.45) is 0 Å². The highest BCUT2D eigenvalue weighted by Crippen LogP contribution is 2.39. The number of nitrogens with one attached hydrogen (secondary N) is 2. The Hall–Kier alpha value is -3.70. The summed E-state index contributed by atoms with van der Waals surface area (Å²) in [5.41, 5.74) is 1.29. The Bertz CT molecular complexity index is 1170. The number of hydrogen-bond acceptors (Lipinski definition) is 10. The van der Waals surface area contributed by atoms with E-state index in [0.717, 1.165) is 63.8 Å². The number of nitrogens with zero attached hydrogens (tertiary/aromatic N) is 4. The molecule has 11 nitrogen and oxygen atoms in total. The van der Waals surface area contributed by atoms with Crippen molar-refractivity contribution in [1.82, 2.24) is 30.8 Å². The molecule has 1 unspecified atom stereocenters. The van der Waals surface area contributed by atoms with Crippen LogP contribution in [0.1, 0.15) is 48.5 Å². The van der Waals surface area contributed by atoms with Crippen LogP contribution >= 0.6 is 0 Å². The zero-order valence-corrected chi connectivity index (χ0v) is 22.7. The van der Waals surface area contributed by atoms with Crippen LogP contribution in [-0.2, 0) is 4.74 Å². The quantitative estimate of drug-likeness (QED) is 0.479. The van der Waals surface area contributed by atoms with E-state index in [1.165, 1.54) is 7.11 Å². The van der Waals surface area contributed by atoms with Crippen molar-refractivity contribution in [2.75, 3.05) is 53.6 Å². The van der Waals surface area contributed by atoms with Crippen molar-refractivity contribution in [3.8, 4) is 28.6 Å². The molecule has 1 aliphatic heterocycles. The Kier molecular flexibility index (Phi) is 10.9. The van der Waals surface area contributed by atoms with Crippen molar-refractivity contribution >= 4 is 5.97 Å². The predicted molar refractivity (Wildman–Crippen MR) is 146 cm³/mol. The fraction of sp³-hybridized carbons (Fsp3) is 0.500. The van der Waals surface area contributed by atoms with Crippen molar-refractivity contribution in [3.63, 3.8) is 0 Å². The highest BCUT2D eigenvalue weighted by molar-refractivity contribution is 5.91. The van der Waals surface area contributed by atoms with Gasteiger partial charge in [-0.25, -0.2) is 4.79 Å². The molecule has 2 N–H and O–H groups in total. The van der Waals surface area contributed by atoms with E-state index in [-0.39, 0.29) is 6.04 Å². The van der Waals surface area contributed by atoms with Crippen LogP contribution in [0.15, 0.2) is 42.5 Å². The summed E-state index contributed by atoms with van der Waals surface area (Å²) < 4.78 is 22.6. The molecular formula is C28H38N6O5. The topological polar surface area (TPSA) is 122 Å². The Morgan fingerprint density at radius 2 is 1.64 bits per heavy atom. The standard InChI is InChI=1S/C28H38N6O5/c1-36-24-19-22-20-25(26(24)37-2)38-17-6-11-23(34-32-27(31-33-34)21-9-4-3-5-10-21)12-16-30-14-7-13-29-15-8-18-39-28(22)35/h3-5,9-10,19-20,23,29-30H,6-8,11-18H2,1-2H3. The van der Waals surface area contributed by atoms with Crippen LogP contribution < -0.4 is 24.8 Å². The summed E-state index contributed by atoms with van der Waals surface area (Å²) in [4.78, 5) is 14.4. The fourth-order valence-corrected chi connectivity index (χ4v) is 4.42. The lowest BCUT2D eigenvalue weighted by Crippen LogP contribution is -2.26. The van der Waals surface area contributed by atoms with Gasteiger partial charge in [-0.05, 0) is 75.6 Å². The minimum absolute atomic E-state index is 0.0486. The second kappa shape index (κ2) is 15.0. The van der Waals surface area contributed by atoms with E-state index in [2.05, 4.69) is 26.0 Å². The van der Waals surface area contributed by atoms with Gasteiger partial charge in [-0.15, -0.1) is 10.2 Å². The van der Waals surface area contributed by atoms with Crippen LogP contribution in [0.25, 0.3) is 11.4 Å². The lowest BCUT2D eigenvalue weighted by molar-refractivity contribution is 0.0499. The Labute approximate surface area is 229 Å². The van der Waals surface area contributed by atoms with Crippen LogP contribution in [-0.4, -0.2) is 79.8 Å². The third kappa shape index (κ3) is 8.14. The Balaban J connectivity index is 1.49. The van der Waals surface area contributed by atoms with Gasteiger partial charge in [0, 0.05) is 5.56 Å². The minimum atomic E-state index is -0.425. The number of esters is 1. The maximum atomic E-state index is 12.7. The number of rotatable bonds is 4. The van der Waals surface area contributed by atoms with Gasteiger partial charge >= 0.3 is 5.97 Å². The van der Waals surface area contributed by atoms with E-state index in [0.29, 0.717) is 41.9 Å². The molecule has 0 amide bonds. The van der Waals surface area contributed by atoms with Gasteiger partial charge < -0.3 is 29.6 Å². The highest BCUT2D eigenvalue weighted by Gasteiger charge is 2.20. The van der Waals surface area contributed by atoms with E-state index in [1.807, 2.05) is 30.3 Å². The molecule has 0 fully saturated rings. The van der Waals surface area contributed by atoms with Crippen LogP contribution in [0, 0.1) is 0 Å². The predicted octanol–water partition coefficient (Wildman–Crippen LogP) is 3.28. The first kappa shape index (κ1) is 28.3. The van der Waals surface area contributed by atoms with Crippen LogP contribution in [0.2, 0.25) is 0 Å². The third-order valence-electron chi connectivity index (χ3n) is 6.50. The first-order valence-electron chi connectivity index (χ1n) is 13.5. The summed E-state index contributed by atoms with van der Waals surface area (Å²) in [6, 6.07) is 13.2. The summed E-state index contributed by atoms with van der Waals surface area (Å²) >= 11 is 0. The second-order valence-electron chi connectivity index (χ2n) is 9.29. The van der Waals surface area contributed by atoms with E-state index < -0.39 is 5.97 Å². The van der Waals surface area contributed by atoms with Crippen molar-refractivity contribution in [3.05, 3.63) is 48.0 Å². The van der Waals surface area contributed by atoms with Gasteiger partial charge in [0.05, 0.1) is 39.0 Å². The number of tetrazole rings is 1. The molecule has 0 radical (unpaired) electrons. The molecule has 0 saturated carbocycles. The molecule has 1 aliphatic rings. The molecule has 4 rings (SSSR count). The molecule has 2 bridgehead atoms. The summed E-state index contributed by atoms with van der Waals surface area (Å²) in [5, 5.41) is 20.3. The third-order valence-corrected chi connectivity index (χ3v) is 6.50. The van der Waals surface area contributed by atoms with E-state index in [4.69, 9.17) is 18.9 Å². The number of fused-ring (bicyclic) bond motifs is 2. The van der Waals surface area contributed by atoms with Gasteiger partial charge in [-0.3, -0.25) is 0 Å². The molecule has 0 aliphatic carbocycles. The molecule has 39 heavy (non-hydrogen) atoms. The van der Waals surface area contributed by atoms with E-state index in [1.54, 1.807) is 24.0 Å². The average Bonchev–Trinajstić information content (AvgIpc) is 3.46. The van der Waals surface area contributed by atoms with Crippen molar-refractivity contribution in [1.29, 1.82) is 0 Å². The largest absolute Gasteiger partial charge is 0.493 e. The summed E-state index contributed by atoms with van der Waals surface area (Å²) in [6.45, 7) is 4.17. The van der Waals surface area contributed by atoms with E-state index in [9.17, 15) is 4.79 Å². The maximum absolute atomic E-state index is 12.7. The van der Waals surface area contributed by atoms with Gasteiger partial charge in [0.1, 0.15) is 0 Å². The summed E-state index contributed by atoms with van der Waals surface area (Å²) in [5.74, 6) is 1.47. The molecule has 2 heterocycles. The number of carbonyl (C=O) groups excluding carboxylic acids is 1. The number of ether oxygens (including phenoxy) is 4. The fourth-order valence-electron chi connectivity index (χ4n) is 4.42. The number of benzene rings is 2. The van der Waals surface area contributed by atoms with Crippen LogP contribution in [0.4, 0.5) is 0 Å². The Morgan fingerprint density at radius 3 is 2.44 bits per heavy atom. The van der Waals surface area contributed by atoms with Gasteiger partial charge in [0.2, 0.25) is 11.6 Å². The molecule has 1 atom stereocenters. The van der Waals surface area contributed by atoms with Crippen molar-refractivity contribution in [2.45, 2.75) is 38.1 Å². The number of hydrogen-bond donors (Lipinski definition) is 2. The molecule has 1 aromatic heterocycles. The number of cyclic esters (lactones) is 1. The SMILES string of the molecule is COc1cc2cc(c1OC)OCCCC(n1nnc(-c3ccccc3)n1)CCNCCCNCCCOC2=O. The lowest BCUT2D eigenvalue weighted by Gasteiger charge is -2.18. The first-order valence-corrected chi connectivity index (χ1v) is 13.5. The van der Waals surface area contributed by atoms with Crippen LogP contribution in [0.5, 0.6) is 17.2 Å².